The summed E-state index contributed by atoms with van der Waals surface area (Å²) < 4.78 is 0. The van der Waals surface area contributed by atoms with E-state index in [1.54, 1.807) is 6.07 Å². The average molecular weight is 278 g/mol. The topological polar surface area (TPSA) is 62.0 Å². The molecule has 112 valence electrons. The lowest BCUT2D eigenvalue weighted by Gasteiger charge is -2.10. The highest BCUT2D eigenvalue weighted by molar-refractivity contribution is 5.94. The number of hydrogen-bond acceptors (Lipinski definition) is 2. The Hall–Kier alpha value is -1.58. The van der Waals surface area contributed by atoms with E-state index in [1.807, 2.05) is 6.92 Å². The smallest absolute Gasteiger partial charge is 0.261 e. The Morgan fingerprint density at radius 1 is 1.20 bits per heavy atom. The van der Waals surface area contributed by atoms with Gasteiger partial charge in [-0.3, -0.25) is 9.59 Å². The highest BCUT2D eigenvalue weighted by Gasteiger charge is 2.13. The molecule has 1 heterocycles. The number of unbranched alkanes of at least 4 members (excludes halogenated alkanes) is 2. The Morgan fingerprint density at radius 3 is 2.55 bits per heavy atom. The van der Waals surface area contributed by atoms with Crippen molar-refractivity contribution in [3.8, 4) is 0 Å². The molecule has 4 heteroatoms. The number of aromatic nitrogens is 1. The first-order valence-electron chi connectivity index (χ1n) is 7.67. The molecule has 0 unspecified atom stereocenters. The number of H-pyrrole nitrogens is 1. The van der Waals surface area contributed by atoms with E-state index in [4.69, 9.17) is 0 Å². The van der Waals surface area contributed by atoms with Crippen molar-refractivity contribution in [2.24, 2.45) is 0 Å². The molecule has 0 saturated carbocycles. The summed E-state index contributed by atoms with van der Waals surface area (Å²) in [5.41, 5.74) is 1.98. The van der Waals surface area contributed by atoms with Gasteiger partial charge in [-0.25, -0.2) is 0 Å². The lowest BCUT2D eigenvalue weighted by molar-refractivity contribution is 0.0951. The van der Waals surface area contributed by atoms with Gasteiger partial charge in [0.15, 0.2) is 0 Å². The van der Waals surface area contributed by atoms with Gasteiger partial charge in [0.1, 0.15) is 5.56 Å². The molecule has 0 bridgehead atoms. The van der Waals surface area contributed by atoms with Gasteiger partial charge in [-0.1, -0.05) is 40.0 Å². The predicted octanol–water partition coefficient (Wildman–Crippen LogP) is 2.81. The molecule has 0 saturated heterocycles. The predicted molar refractivity (Wildman–Crippen MR) is 82.3 cm³/mol. The number of hydrogen-bond donors (Lipinski definition) is 2. The summed E-state index contributed by atoms with van der Waals surface area (Å²) in [6, 6.07) is 1.76. The van der Waals surface area contributed by atoms with Crippen LogP contribution in [0.1, 0.15) is 68.1 Å². The molecule has 0 aliphatic rings. The van der Waals surface area contributed by atoms with E-state index in [1.165, 1.54) is 0 Å². The van der Waals surface area contributed by atoms with Crippen molar-refractivity contribution in [3.63, 3.8) is 0 Å². The Labute approximate surface area is 121 Å². The number of aryl methyl sites for hydroxylation is 2. The third-order valence-corrected chi connectivity index (χ3v) is 3.40. The van der Waals surface area contributed by atoms with Gasteiger partial charge in [-0.05, 0) is 30.9 Å². The van der Waals surface area contributed by atoms with E-state index in [9.17, 15) is 9.59 Å². The number of amides is 1. The number of carbonyl (C=O) groups is 1. The van der Waals surface area contributed by atoms with E-state index in [2.05, 4.69) is 24.1 Å². The number of nitrogens with one attached hydrogen (secondary N) is 2. The van der Waals surface area contributed by atoms with Crippen molar-refractivity contribution in [1.29, 1.82) is 0 Å². The van der Waals surface area contributed by atoms with Crippen LogP contribution in [0.3, 0.4) is 0 Å². The van der Waals surface area contributed by atoms with Crippen molar-refractivity contribution in [1.82, 2.24) is 10.3 Å². The van der Waals surface area contributed by atoms with E-state index < -0.39 is 0 Å². The zero-order valence-electron chi connectivity index (χ0n) is 12.8. The fraction of sp³-hybridized carbons (Fsp3) is 0.625. The van der Waals surface area contributed by atoms with E-state index in [-0.39, 0.29) is 17.0 Å². The van der Waals surface area contributed by atoms with Gasteiger partial charge in [0.2, 0.25) is 0 Å². The van der Waals surface area contributed by atoms with Gasteiger partial charge in [0.05, 0.1) is 0 Å². The van der Waals surface area contributed by atoms with Crippen LogP contribution in [0.4, 0.5) is 0 Å². The summed E-state index contributed by atoms with van der Waals surface area (Å²) >= 11 is 0. The maximum atomic E-state index is 12.1. The van der Waals surface area contributed by atoms with Crippen LogP contribution in [-0.4, -0.2) is 17.4 Å². The van der Waals surface area contributed by atoms with Gasteiger partial charge in [0.25, 0.3) is 11.5 Å². The number of pyridine rings is 1. The third-order valence-electron chi connectivity index (χ3n) is 3.40. The second-order valence-electron chi connectivity index (χ2n) is 5.08. The van der Waals surface area contributed by atoms with Crippen molar-refractivity contribution in [3.05, 3.63) is 33.2 Å². The summed E-state index contributed by atoms with van der Waals surface area (Å²) in [6.45, 7) is 6.85. The summed E-state index contributed by atoms with van der Waals surface area (Å²) in [6.07, 6.45) is 5.82. The molecule has 0 radical (unpaired) electrons. The number of carbonyl (C=O) groups excluding carboxylic acids is 1. The first-order chi connectivity index (χ1) is 9.63. The highest BCUT2D eigenvalue weighted by Crippen LogP contribution is 2.09. The van der Waals surface area contributed by atoms with Crippen LogP contribution in [0.25, 0.3) is 0 Å². The van der Waals surface area contributed by atoms with Crippen molar-refractivity contribution in [2.75, 3.05) is 6.54 Å². The van der Waals surface area contributed by atoms with Gasteiger partial charge in [-0.2, -0.15) is 0 Å². The molecule has 0 fully saturated rings. The standard InChI is InChI=1S/C16H26N2O2/c1-4-7-8-10-17-15(19)13-11-12(9-5-2)14(6-3)18-16(13)20/h11H,4-10H2,1-3H3,(H,17,19)(H,18,20). The van der Waals surface area contributed by atoms with Gasteiger partial charge in [0, 0.05) is 12.2 Å². The minimum absolute atomic E-state index is 0.238. The molecule has 0 aromatic carbocycles. The van der Waals surface area contributed by atoms with Crippen LogP contribution in [-0.2, 0) is 12.8 Å². The molecule has 4 nitrogen and oxygen atoms in total. The molecule has 0 atom stereocenters. The van der Waals surface area contributed by atoms with Crippen molar-refractivity contribution in [2.45, 2.75) is 59.3 Å². The zero-order chi connectivity index (χ0) is 15.0. The van der Waals surface area contributed by atoms with E-state index >= 15 is 0 Å². The SMILES string of the molecule is CCCCCNC(=O)c1cc(CCC)c(CC)[nH]c1=O. The third kappa shape index (κ3) is 4.51. The zero-order valence-corrected chi connectivity index (χ0v) is 12.8. The Morgan fingerprint density at radius 2 is 1.95 bits per heavy atom. The Balaban J connectivity index is 2.85. The first-order valence-corrected chi connectivity index (χ1v) is 7.67. The average Bonchev–Trinajstić information content (AvgIpc) is 2.45. The lowest BCUT2D eigenvalue weighted by atomic mass is 10.0. The minimum atomic E-state index is -0.283. The summed E-state index contributed by atoms with van der Waals surface area (Å²) in [4.78, 5) is 26.9. The van der Waals surface area contributed by atoms with Crippen LogP contribution in [0.15, 0.2) is 10.9 Å². The highest BCUT2D eigenvalue weighted by atomic mass is 16.2. The normalized spacial score (nSPS) is 10.6. The van der Waals surface area contributed by atoms with Crippen LogP contribution >= 0.6 is 0 Å². The molecule has 1 aromatic heterocycles. The molecular formula is C16H26N2O2. The summed E-state index contributed by atoms with van der Waals surface area (Å²) in [5.74, 6) is -0.262. The number of rotatable bonds is 8. The summed E-state index contributed by atoms with van der Waals surface area (Å²) in [7, 11) is 0. The molecule has 1 aromatic rings. The Bertz CT molecular complexity index is 492. The maximum Gasteiger partial charge on any atom is 0.261 e. The molecule has 1 rings (SSSR count). The monoisotopic (exact) mass is 278 g/mol. The molecule has 1 amide bonds. The van der Waals surface area contributed by atoms with Crippen LogP contribution in [0.5, 0.6) is 0 Å². The quantitative estimate of drug-likeness (QED) is 0.718. The fourth-order valence-corrected chi connectivity index (χ4v) is 2.26. The molecular weight excluding hydrogens is 252 g/mol. The fourth-order valence-electron chi connectivity index (χ4n) is 2.26. The maximum absolute atomic E-state index is 12.1. The number of aromatic amines is 1. The van der Waals surface area contributed by atoms with Crippen molar-refractivity contribution < 1.29 is 4.79 Å². The van der Waals surface area contributed by atoms with Crippen LogP contribution in [0.2, 0.25) is 0 Å². The molecule has 0 spiro atoms. The minimum Gasteiger partial charge on any atom is -0.352 e. The van der Waals surface area contributed by atoms with Crippen LogP contribution < -0.4 is 10.9 Å². The Kier molecular flexibility index (Phi) is 7.05. The van der Waals surface area contributed by atoms with E-state index in [0.29, 0.717) is 6.54 Å². The lowest BCUT2D eigenvalue weighted by Crippen LogP contribution is -2.31. The molecule has 20 heavy (non-hydrogen) atoms. The van der Waals surface area contributed by atoms with Crippen LogP contribution in [0, 0.1) is 0 Å². The second-order valence-corrected chi connectivity index (χ2v) is 5.08. The summed E-state index contributed by atoms with van der Waals surface area (Å²) in [5, 5.41) is 2.82. The van der Waals surface area contributed by atoms with Gasteiger partial charge >= 0.3 is 0 Å². The van der Waals surface area contributed by atoms with Crippen molar-refractivity contribution >= 4 is 5.91 Å². The first kappa shape index (κ1) is 16.5. The molecule has 0 aliphatic carbocycles. The van der Waals surface area contributed by atoms with E-state index in [0.717, 1.165) is 49.8 Å². The molecule has 0 aliphatic heterocycles. The second kappa shape index (κ2) is 8.56. The molecule has 2 N–H and O–H groups in total. The largest absolute Gasteiger partial charge is 0.352 e. The van der Waals surface area contributed by atoms with Gasteiger partial charge in [-0.15, -0.1) is 0 Å². The van der Waals surface area contributed by atoms with Gasteiger partial charge < -0.3 is 10.3 Å².